The molecule has 37 heavy (non-hydrogen) atoms. The number of hydrogen-bond acceptors (Lipinski definition) is 5. The van der Waals surface area contributed by atoms with Gasteiger partial charge in [-0.05, 0) is 0 Å². The van der Waals surface area contributed by atoms with Crippen molar-refractivity contribution < 1.29 is 32.5 Å². The summed E-state index contributed by atoms with van der Waals surface area (Å²) in [4.78, 5) is 0.140. The van der Waals surface area contributed by atoms with Crippen molar-refractivity contribution in [1.82, 2.24) is 4.72 Å². The third-order valence-corrected chi connectivity index (χ3v) is 13.5. The van der Waals surface area contributed by atoms with Crippen LogP contribution in [0.15, 0.2) is 59.5 Å². The van der Waals surface area contributed by atoms with Gasteiger partial charge in [0.2, 0.25) is 0 Å². The van der Waals surface area contributed by atoms with Crippen LogP contribution in [-0.4, -0.2) is 28.9 Å². The van der Waals surface area contributed by atoms with E-state index in [1.807, 2.05) is 6.92 Å². The predicted octanol–water partition coefficient (Wildman–Crippen LogP) is 5.98. The van der Waals surface area contributed by atoms with E-state index >= 15 is 0 Å². The van der Waals surface area contributed by atoms with Crippen molar-refractivity contribution in [3.05, 3.63) is 63.7 Å². The van der Waals surface area contributed by atoms with Crippen molar-refractivity contribution in [2.45, 2.75) is 55.9 Å². The van der Waals surface area contributed by atoms with Gasteiger partial charge in [0.05, 0.1) is 0 Å². The first-order valence-electron chi connectivity index (χ1n) is 11.7. The van der Waals surface area contributed by atoms with Crippen LogP contribution in [0, 0.1) is 32.2 Å². The molecule has 1 aliphatic rings. The molecule has 2 aromatic rings. The summed E-state index contributed by atoms with van der Waals surface area (Å²) >= 11 is -3.57. The fraction of sp³-hybridized carbons (Fsp3) is 0.440. The van der Waals surface area contributed by atoms with Crippen molar-refractivity contribution in [2.24, 2.45) is 11.8 Å². The molecule has 1 atom stereocenters. The van der Waals surface area contributed by atoms with Crippen LogP contribution in [0.2, 0.25) is 0 Å². The molecule has 0 aromatic heterocycles. The minimum absolute atomic E-state index is 0.0906. The third-order valence-electron chi connectivity index (χ3n) is 5.98. The van der Waals surface area contributed by atoms with E-state index < -0.39 is 45.9 Å². The van der Waals surface area contributed by atoms with E-state index in [1.54, 1.807) is 30.3 Å². The normalized spacial score (nSPS) is 16.5. The van der Waals surface area contributed by atoms with Crippen molar-refractivity contribution in [3.8, 4) is 9.85 Å². The van der Waals surface area contributed by atoms with Crippen molar-refractivity contribution in [1.29, 1.82) is 0 Å². The van der Waals surface area contributed by atoms with Gasteiger partial charge in [-0.1, -0.05) is 0 Å². The number of rotatable bonds is 9. The summed E-state index contributed by atoms with van der Waals surface area (Å²) in [6, 6.07) is 14.3. The van der Waals surface area contributed by atoms with Crippen molar-refractivity contribution in [3.63, 3.8) is 0 Å². The Labute approximate surface area is 224 Å². The molecule has 1 unspecified atom stereocenters. The average Bonchev–Trinajstić information content (AvgIpc) is 2.86. The molecule has 1 N–H and O–H groups in total. The Hall–Kier alpha value is -1.66. The van der Waals surface area contributed by atoms with Gasteiger partial charge in [-0.15, -0.1) is 0 Å². The van der Waals surface area contributed by atoms with Gasteiger partial charge in [0.1, 0.15) is 0 Å². The Balaban J connectivity index is 1.82. The molecule has 0 saturated heterocycles. The fourth-order valence-corrected chi connectivity index (χ4v) is 10.4. The molecule has 1 fully saturated rings. The first kappa shape index (κ1) is 29.9. The van der Waals surface area contributed by atoms with E-state index in [9.17, 15) is 30.0 Å². The molecule has 1 aliphatic carbocycles. The molecule has 0 amide bonds. The number of aryl methyl sites for hydroxylation is 1. The number of sulfonamides is 1. The van der Waals surface area contributed by atoms with Gasteiger partial charge < -0.3 is 0 Å². The maximum absolute atomic E-state index is 13.0. The number of halogens is 4. The van der Waals surface area contributed by atoms with Gasteiger partial charge in [-0.25, -0.2) is 0 Å². The van der Waals surface area contributed by atoms with Crippen LogP contribution in [0.1, 0.15) is 44.1 Å². The van der Waals surface area contributed by atoms with E-state index in [0.717, 1.165) is 37.7 Å². The zero-order valence-corrected chi connectivity index (χ0v) is 24.0. The standard InChI is InChI=1S/C25H29F3INO5S2/c1-20-12-14-24(15-13-20)36(31,32)30-19-17-22(21-8-4-2-5-9-21)16-18-29(23-10-6-3-7-11-23)35-37(33,34)25(26,27)28/h3,6-7,10-15,21-22,30H,2,4-5,8-9,17,19H2,1H3. The van der Waals surface area contributed by atoms with E-state index in [-0.39, 0.29) is 23.3 Å². The summed E-state index contributed by atoms with van der Waals surface area (Å²) in [6.07, 6.45) is 5.12. The second kappa shape index (κ2) is 12.9. The third kappa shape index (κ3) is 8.68. The Morgan fingerprint density at radius 2 is 1.62 bits per heavy atom. The summed E-state index contributed by atoms with van der Waals surface area (Å²) in [7, 11) is -9.55. The van der Waals surface area contributed by atoms with Crippen LogP contribution in [0.4, 0.5) is 13.2 Å². The zero-order valence-electron chi connectivity index (χ0n) is 20.2. The van der Waals surface area contributed by atoms with Crippen LogP contribution in [0.5, 0.6) is 0 Å². The zero-order chi connectivity index (χ0) is 27.1. The number of hydrogen-bond donors (Lipinski definition) is 1. The van der Waals surface area contributed by atoms with Gasteiger partial charge in [-0.2, -0.15) is 0 Å². The SMILES string of the molecule is Cc1ccc(S(=O)(=O)NCCC(C#CI(OS(=O)(=O)C(F)(F)F)c2ccccc2)C2CCCCC2)cc1. The fourth-order valence-electron chi connectivity index (χ4n) is 3.99. The first-order chi connectivity index (χ1) is 17.4. The summed E-state index contributed by atoms with van der Waals surface area (Å²) in [5, 5.41) is 0. The average molecular weight is 672 g/mol. The summed E-state index contributed by atoms with van der Waals surface area (Å²) in [5.74, 6) is 2.84. The van der Waals surface area contributed by atoms with Crippen LogP contribution >= 0.6 is 20.2 Å². The van der Waals surface area contributed by atoms with E-state index in [2.05, 4.69) is 17.1 Å². The second-order valence-corrected chi connectivity index (χ2v) is 16.3. The molecule has 6 nitrogen and oxygen atoms in total. The van der Waals surface area contributed by atoms with Crippen molar-refractivity contribution >= 4 is 40.4 Å². The minimum atomic E-state index is -5.81. The monoisotopic (exact) mass is 671 g/mol. The molecular weight excluding hydrogens is 642 g/mol. The Morgan fingerprint density at radius 3 is 2.22 bits per heavy atom. The second-order valence-electron chi connectivity index (χ2n) is 8.75. The molecule has 2 aromatic carbocycles. The summed E-state index contributed by atoms with van der Waals surface area (Å²) in [5.41, 5.74) is -4.62. The molecule has 3 rings (SSSR count). The van der Waals surface area contributed by atoms with Gasteiger partial charge in [0.15, 0.2) is 0 Å². The van der Waals surface area contributed by atoms with Crippen LogP contribution < -0.4 is 4.72 Å². The number of alkyl halides is 3. The van der Waals surface area contributed by atoms with E-state index in [1.165, 1.54) is 24.3 Å². The van der Waals surface area contributed by atoms with Crippen molar-refractivity contribution in [2.75, 3.05) is 6.54 Å². The Kier molecular flexibility index (Phi) is 10.4. The van der Waals surface area contributed by atoms with Crippen LogP contribution in [0.3, 0.4) is 0 Å². The predicted molar refractivity (Wildman–Crippen MR) is 144 cm³/mol. The number of benzene rings is 2. The first-order valence-corrected chi connectivity index (χ1v) is 17.7. The van der Waals surface area contributed by atoms with Gasteiger partial charge in [0.25, 0.3) is 0 Å². The molecule has 0 bridgehead atoms. The van der Waals surface area contributed by atoms with Crippen LogP contribution in [-0.2, 0) is 22.7 Å². The summed E-state index contributed by atoms with van der Waals surface area (Å²) < 4.78 is 98.3. The number of nitrogens with one attached hydrogen (secondary N) is 1. The van der Waals surface area contributed by atoms with Gasteiger partial charge >= 0.3 is 225 Å². The Morgan fingerprint density at radius 1 is 1.00 bits per heavy atom. The van der Waals surface area contributed by atoms with E-state index in [0.29, 0.717) is 9.99 Å². The molecule has 0 radical (unpaired) electrons. The molecule has 12 heteroatoms. The molecule has 204 valence electrons. The molecule has 0 heterocycles. The molecule has 1 saturated carbocycles. The van der Waals surface area contributed by atoms with Gasteiger partial charge in [0, 0.05) is 0 Å². The Bertz CT molecular complexity index is 1300. The molecule has 0 spiro atoms. The molecular formula is C25H29F3INO5S2. The van der Waals surface area contributed by atoms with Gasteiger partial charge in [-0.3, -0.25) is 0 Å². The van der Waals surface area contributed by atoms with E-state index in [4.69, 9.17) is 0 Å². The van der Waals surface area contributed by atoms with Crippen LogP contribution in [0.25, 0.3) is 0 Å². The summed E-state index contributed by atoms with van der Waals surface area (Å²) in [6.45, 7) is 1.95. The topological polar surface area (TPSA) is 89.5 Å². The quantitative estimate of drug-likeness (QED) is 0.202. The maximum atomic E-state index is 13.0. The molecule has 0 aliphatic heterocycles.